The third-order valence-electron chi connectivity index (χ3n) is 1.64. The molecule has 2 rings (SSSR count). The molecular formula is C6H8NO+. The Morgan fingerprint density at radius 3 is 3.25 bits per heavy atom. The maximum Gasteiger partial charge on any atom is 0.305 e. The van der Waals surface area contributed by atoms with E-state index in [-0.39, 0.29) is 6.10 Å². The lowest BCUT2D eigenvalue weighted by molar-refractivity contribution is 0.0802. The normalized spacial score (nSPS) is 41.0. The first-order valence-corrected chi connectivity index (χ1v) is 3.02. The van der Waals surface area contributed by atoms with Gasteiger partial charge in [-0.15, -0.1) is 0 Å². The minimum Gasteiger partial charge on any atom is -0.348 e. The maximum atomic E-state index is 5.39. The van der Waals surface area contributed by atoms with Crippen LogP contribution in [0.2, 0.25) is 0 Å². The van der Waals surface area contributed by atoms with Crippen molar-refractivity contribution in [2.24, 2.45) is 0 Å². The lowest BCUT2D eigenvalue weighted by atomic mass is 10.2. The highest BCUT2D eigenvalue weighted by molar-refractivity contribution is 5.05. The Morgan fingerprint density at radius 2 is 2.50 bits per heavy atom. The summed E-state index contributed by atoms with van der Waals surface area (Å²) in [6.45, 7) is 0.844. The summed E-state index contributed by atoms with van der Waals surface area (Å²) in [7, 11) is 0. The summed E-state index contributed by atoms with van der Waals surface area (Å²) < 4.78 is 5.39. The molecule has 1 fully saturated rings. The number of rotatable bonds is 0. The lowest BCUT2D eigenvalue weighted by Crippen LogP contribution is -2.14. The highest BCUT2D eigenvalue weighted by atomic mass is 16.5. The van der Waals surface area contributed by atoms with Crippen LogP contribution in [0.3, 0.4) is 0 Å². The fourth-order valence-electron chi connectivity index (χ4n) is 1.19. The van der Waals surface area contributed by atoms with Gasteiger partial charge in [0.1, 0.15) is 6.10 Å². The molecule has 0 spiro atoms. The molecule has 2 unspecified atom stereocenters. The van der Waals surface area contributed by atoms with E-state index in [1.54, 1.807) is 0 Å². The van der Waals surface area contributed by atoms with Crippen LogP contribution in [-0.2, 0) is 4.74 Å². The zero-order chi connectivity index (χ0) is 5.40. The van der Waals surface area contributed by atoms with E-state index in [4.69, 9.17) is 4.74 Å². The molecular weight excluding hydrogens is 102 g/mol. The second kappa shape index (κ2) is 1.46. The molecule has 2 aliphatic heterocycles. The van der Waals surface area contributed by atoms with Crippen LogP contribution in [0, 0.1) is 6.07 Å². The van der Waals surface area contributed by atoms with E-state index < -0.39 is 0 Å². The van der Waals surface area contributed by atoms with Gasteiger partial charge in [0.05, 0.1) is 0 Å². The summed E-state index contributed by atoms with van der Waals surface area (Å²) in [5.41, 5.74) is 0. The number of hydrogen-bond donors (Lipinski definition) is 0. The molecule has 0 aromatic carbocycles. The van der Waals surface area contributed by atoms with Gasteiger partial charge in [-0.25, -0.2) is 0 Å². The van der Waals surface area contributed by atoms with Gasteiger partial charge in [-0.05, 0) is 12.8 Å². The molecule has 2 aliphatic rings. The molecule has 2 heteroatoms. The van der Waals surface area contributed by atoms with Gasteiger partial charge in [-0.2, -0.15) is 0 Å². The van der Waals surface area contributed by atoms with E-state index in [1.807, 2.05) is 0 Å². The van der Waals surface area contributed by atoms with Crippen molar-refractivity contribution in [2.45, 2.75) is 25.0 Å². The van der Waals surface area contributed by atoms with Crippen LogP contribution in [0.4, 0.5) is 0 Å². The van der Waals surface area contributed by atoms with Gasteiger partial charge in [0.25, 0.3) is 6.54 Å². The van der Waals surface area contributed by atoms with Crippen LogP contribution < -0.4 is 0 Å². The van der Waals surface area contributed by atoms with Crippen molar-refractivity contribution in [3.8, 4) is 6.07 Å². The Labute approximate surface area is 48.3 Å². The van der Waals surface area contributed by atoms with E-state index >= 15 is 0 Å². The molecule has 1 saturated heterocycles. The number of ether oxygens (including phenoxy) is 1. The number of fused-ring (bicyclic) bond motifs is 2. The number of nitrogens with zero attached hydrogens (tertiary/aromatic N) is 1. The molecule has 0 aromatic heterocycles. The minimum absolute atomic E-state index is 0.244. The highest BCUT2D eigenvalue weighted by Crippen LogP contribution is 2.22. The average molecular weight is 110 g/mol. The fourth-order valence-corrected chi connectivity index (χ4v) is 1.19. The maximum absolute atomic E-state index is 5.39. The van der Waals surface area contributed by atoms with Gasteiger partial charge in [-0.3, -0.25) is 0 Å². The highest BCUT2D eigenvalue weighted by Gasteiger charge is 2.33. The molecule has 0 radical (unpaired) electrons. The second-order valence-corrected chi connectivity index (χ2v) is 2.29. The predicted octanol–water partition coefficient (Wildman–Crippen LogP) is 0.881. The standard InChI is InChI=1S/C6H8NO/c1-2-6-4-7-3-5(1)8-6/h5-6H,1-3H2/q+1. The SMILES string of the molecule is C1#[N+]CC2CCC1O2. The summed E-state index contributed by atoms with van der Waals surface area (Å²) in [4.78, 5) is 4.03. The first-order valence-electron chi connectivity index (χ1n) is 3.02. The fraction of sp³-hybridized carbons (Fsp3) is 0.833. The third kappa shape index (κ3) is 0.517. The van der Waals surface area contributed by atoms with Crippen molar-refractivity contribution in [1.82, 2.24) is 0 Å². The number of hydrogen-bond acceptors (Lipinski definition) is 1. The van der Waals surface area contributed by atoms with Crippen LogP contribution in [0.15, 0.2) is 0 Å². The van der Waals surface area contributed by atoms with Gasteiger partial charge in [0, 0.05) is 0 Å². The van der Waals surface area contributed by atoms with Gasteiger partial charge in [0.15, 0.2) is 6.10 Å². The summed E-state index contributed by atoms with van der Waals surface area (Å²) in [6.07, 6.45) is 2.99. The third-order valence-corrected chi connectivity index (χ3v) is 1.64. The van der Waals surface area contributed by atoms with Gasteiger partial charge >= 0.3 is 6.07 Å². The molecule has 8 heavy (non-hydrogen) atoms. The summed E-state index contributed by atoms with van der Waals surface area (Å²) >= 11 is 0. The smallest absolute Gasteiger partial charge is 0.305 e. The largest absolute Gasteiger partial charge is 0.348 e. The molecule has 2 atom stereocenters. The van der Waals surface area contributed by atoms with Crippen molar-refractivity contribution in [2.75, 3.05) is 6.54 Å². The molecule has 0 saturated carbocycles. The van der Waals surface area contributed by atoms with E-state index in [0.29, 0.717) is 6.10 Å². The molecule has 2 heterocycles. The van der Waals surface area contributed by atoms with E-state index in [0.717, 1.165) is 13.0 Å². The second-order valence-electron chi connectivity index (χ2n) is 2.29. The molecule has 2 bridgehead atoms. The molecule has 0 N–H and O–H groups in total. The van der Waals surface area contributed by atoms with E-state index in [2.05, 4.69) is 10.9 Å². The first kappa shape index (κ1) is 4.34. The summed E-state index contributed by atoms with van der Waals surface area (Å²) in [6, 6.07) is 2.91. The topological polar surface area (TPSA) is 13.6 Å². The lowest BCUT2D eigenvalue weighted by Gasteiger charge is -2.00. The zero-order valence-electron chi connectivity index (χ0n) is 4.63. The van der Waals surface area contributed by atoms with Crippen LogP contribution in [-0.4, -0.2) is 18.8 Å². The molecule has 2 nitrogen and oxygen atoms in total. The molecule has 42 valence electrons. The molecule has 0 aliphatic carbocycles. The first-order chi connectivity index (χ1) is 3.95. The van der Waals surface area contributed by atoms with Crippen LogP contribution in [0.25, 0.3) is 4.85 Å². The Balaban J connectivity index is 2.23. The minimum atomic E-state index is 0.244. The van der Waals surface area contributed by atoms with E-state index in [9.17, 15) is 0 Å². The van der Waals surface area contributed by atoms with Crippen LogP contribution in [0.5, 0.6) is 0 Å². The van der Waals surface area contributed by atoms with Crippen molar-refractivity contribution < 1.29 is 4.74 Å². The van der Waals surface area contributed by atoms with Crippen molar-refractivity contribution in [3.63, 3.8) is 0 Å². The molecule has 0 aromatic rings. The van der Waals surface area contributed by atoms with E-state index in [1.165, 1.54) is 6.42 Å². The van der Waals surface area contributed by atoms with Crippen molar-refractivity contribution >= 4 is 0 Å². The Bertz CT molecular complexity index is 156. The predicted molar refractivity (Wildman–Crippen MR) is 30.0 cm³/mol. The summed E-state index contributed by atoms with van der Waals surface area (Å²) in [5, 5.41) is 0. The van der Waals surface area contributed by atoms with Crippen LogP contribution >= 0.6 is 0 Å². The monoisotopic (exact) mass is 110 g/mol. The van der Waals surface area contributed by atoms with Gasteiger partial charge < -0.3 is 4.74 Å². The van der Waals surface area contributed by atoms with Crippen molar-refractivity contribution in [1.29, 1.82) is 0 Å². The Hall–Kier alpha value is -0.550. The van der Waals surface area contributed by atoms with Crippen molar-refractivity contribution in [3.05, 3.63) is 4.85 Å². The Morgan fingerprint density at radius 1 is 1.50 bits per heavy atom. The quantitative estimate of drug-likeness (QED) is 0.451. The molecule has 0 amide bonds. The zero-order valence-corrected chi connectivity index (χ0v) is 4.63. The van der Waals surface area contributed by atoms with Crippen LogP contribution in [0.1, 0.15) is 12.8 Å². The summed E-state index contributed by atoms with van der Waals surface area (Å²) in [5.74, 6) is 0. The van der Waals surface area contributed by atoms with Gasteiger partial charge in [-0.1, -0.05) is 4.85 Å². The van der Waals surface area contributed by atoms with Gasteiger partial charge in [0.2, 0.25) is 0 Å². The Kier molecular flexibility index (Phi) is 0.793. The average Bonchev–Trinajstić information content (AvgIpc) is 2.12.